The van der Waals surface area contributed by atoms with Gasteiger partial charge < -0.3 is 25.0 Å². The number of fused-ring (bicyclic) bond motifs is 1. The van der Waals surface area contributed by atoms with Crippen LogP contribution in [-0.4, -0.2) is 69.4 Å². The van der Waals surface area contributed by atoms with E-state index in [4.69, 9.17) is 14.5 Å². The van der Waals surface area contributed by atoms with Gasteiger partial charge in [-0.1, -0.05) is 18.2 Å². The van der Waals surface area contributed by atoms with Crippen LogP contribution in [0.4, 0.5) is 0 Å². The topological polar surface area (TPSA) is 58.1 Å². The summed E-state index contributed by atoms with van der Waals surface area (Å²) in [6.45, 7) is 6.08. The van der Waals surface area contributed by atoms with Crippen LogP contribution in [0.1, 0.15) is 25.3 Å². The molecule has 2 aliphatic rings. The molecule has 3 rings (SSSR count). The van der Waals surface area contributed by atoms with Crippen molar-refractivity contribution in [2.24, 2.45) is 4.99 Å². The van der Waals surface area contributed by atoms with Crippen molar-refractivity contribution in [1.29, 1.82) is 0 Å². The van der Waals surface area contributed by atoms with E-state index < -0.39 is 0 Å². The van der Waals surface area contributed by atoms with Crippen LogP contribution in [0.3, 0.4) is 0 Å². The fourth-order valence-electron chi connectivity index (χ4n) is 3.64. The van der Waals surface area contributed by atoms with Crippen molar-refractivity contribution >= 4 is 5.96 Å². The average Bonchev–Trinajstić information content (AvgIpc) is 3.07. The highest BCUT2D eigenvalue weighted by Crippen LogP contribution is 2.28. The molecule has 0 bridgehead atoms. The predicted molar refractivity (Wildman–Crippen MR) is 105 cm³/mol. The zero-order valence-electron chi connectivity index (χ0n) is 16.3. The molecule has 2 N–H and O–H groups in total. The Balaban J connectivity index is 1.57. The maximum absolute atomic E-state index is 6.02. The van der Waals surface area contributed by atoms with E-state index in [2.05, 4.69) is 48.7 Å². The lowest BCUT2D eigenvalue weighted by Gasteiger charge is -2.41. The zero-order chi connectivity index (χ0) is 18.4. The minimum Gasteiger partial charge on any atom is -0.488 e. The second-order valence-electron chi connectivity index (χ2n) is 7.36. The summed E-state index contributed by atoms with van der Waals surface area (Å²) < 4.78 is 11.6. The first kappa shape index (κ1) is 19.0. The molecule has 1 atom stereocenters. The fourth-order valence-corrected chi connectivity index (χ4v) is 3.64. The number of nitrogens with zero attached hydrogens (tertiary/aromatic N) is 2. The third-order valence-electron chi connectivity index (χ3n) is 5.46. The average molecular weight is 361 g/mol. The number of hydrogen-bond acceptors (Lipinski definition) is 4. The van der Waals surface area contributed by atoms with Gasteiger partial charge in [0.2, 0.25) is 0 Å². The van der Waals surface area contributed by atoms with Gasteiger partial charge in [0.1, 0.15) is 11.9 Å². The summed E-state index contributed by atoms with van der Waals surface area (Å²) in [5.41, 5.74) is 1.37. The maximum Gasteiger partial charge on any atom is 0.191 e. The molecule has 0 spiro atoms. The Morgan fingerprint density at radius 3 is 2.69 bits per heavy atom. The van der Waals surface area contributed by atoms with Gasteiger partial charge in [-0.2, -0.15) is 0 Å². The van der Waals surface area contributed by atoms with Crippen molar-refractivity contribution in [3.05, 3.63) is 29.8 Å². The Bertz CT molecular complexity index is 587. The first-order valence-corrected chi connectivity index (χ1v) is 9.65. The molecule has 0 saturated carbocycles. The van der Waals surface area contributed by atoms with Gasteiger partial charge in [-0.05, 0) is 45.5 Å². The molecule has 0 radical (unpaired) electrons. The molecule has 26 heavy (non-hydrogen) atoms. The van der Waals surface area contributed by atoms with Gasteiger partial charge in [0, 0.05) is 31.7 Å². The second-order valence-corrected chi connectivity index (χ2v) is 7.36. The lowest BCUT2D eigenvalue weighted by molar-refractivity contribution is -0.00255. The molecule has 144 valence electrons. The van der Waals surface area contributed by atoms with Gasteiger partial charge in [0.15, 0.2) is 5.96 Å². The molecule has 2 heterocycles. The van der Waals surface area contributed by atoms with E-state index in [0.29, 0.717) is 0 Å². The van der Waals surface area contributed by atoms with Crippen LogP contribution in [0.2, 0.25) is 0 Å². The van der Waals surface area contributed by atoms with Crippen LogP contribution in [-0.2, 0) is 11.2 Å². The minimum atomic E-state index is 0.0840. The first-order valence-electron chi connectivity index (χ1n) is 9.65. The molecule has 1 aromatic carbocycles. The Hall–Kier alpha value is -1.79. The van der Waals surface area contributed by atoms with Crippen LogP contribution in [0.5, 0.6) is 5.75 Å². The van der Waals surface area contributed by atoms with Crippen LogP contribution >= 0.6 is 0 Å². The van der Waals surface area contributed by atoms with Crippen LogP contribution in [0, 0.1) is 0 Å². The third-order valence-corrected chi connectivity index (χ3v) is 5.46. The summed E-state index contributed by atoms with van der Waals surface area (Å²) in [5, 5.41) is 6.81. The minimum absolute atomic E-state index is 0.0840. The predicted octanol–water partition coefficient (Wildman–Crippen LogP) is 1.66. The number of aliphatic imine (C=N–C) groups is 1. The molecule has 0 aliphatic carbocycles. The molecule has 6 heteroatoms. The molecule has 6 nitrogen and oxygen atoms in total. The van der Waals surface area contributed by atoms with Gasteiger partial charge in [0.05, 0.1) is 13.1 Å². The SMILES string of the molecule is CCNC(=NCC1(N(C)C)CCOCC1)NCC1Cc2ccccc2O1. The van der Waals surface area contributed by atoms with Crippen molar-refractivity contribution in [1.82, 2.24) is 15.5 Å². The molecule has 1 fully saturated rings. The van der Waals surface area contributed by atoms with Crippen LogP contribution < -0.4 is 15.4 Å². The van der Waals surface area contributed by atoms with Crippen LogP contribution in [0.25, 0.3) is 0 Å². The Morgan fingerprint density at radius 2 is 2.00 bits per heavy atom. The van der Waals surface area contributed by atoms with E-state index >= 15 is 0 Å². The van der Waals surface area contributed by atoms with Gasteiger partial charge in [0.25, 0.3) is 0 Å². The number of benzene rings is 1. The summed E-state index contributed by atoms with van der Waals surface area (Å²) in [7, 11) is 4.29. The van der Waals surface area contributed by atoms with E-state index in [0.717, 1.165) is 63.8 Å². The summed E-state index contributed by atoms with van der Waals surface area (Å²) >= 11 is 0. The molecule has 1 unspecified atom stereocenters. The second kappa shape index (κ2) is 8.73. The molecule has 0 aromatic heterocycles. The smallest absolute Gasteiger partial charge is 0.191 e. The standard InChI is InChI=1S/C20H32N4O2/c1-4-21-19(23-15-20(24(2)3)9-11-25-12-10-20)22-14-17-13-16-7-5-6-8-18(16)26-17/h5-8,17H,4,9-15H2,1-3H3,(H2,21,22,23). The highest BCUT2D eigenvalue weighted by Gasteiger charge is 2.34. The summed E-state index contributed by atoms with van der Waals surface area (Å²) in [5.74, 6) is 1.87. The van der Waals surface area contributed by atoms with E-state index in [1.54, 1.807) is 0 Å². The normalized spacial score (nSPS) is 22.0. The van der Waals surface area contributed by atoms with Crippen LogP contribution in [0.15, 0.2) is 29.3 Å². The van der Waals surface area contributed by atoms with E-state index in [9.17, 15) is 0 Å². The summed E-state index contributed by atoms with van der Waals surface area (Å²) in [6.07, 6.45) is 3.14. The molecular weight excluding hydrogens is 328 g/mol. The Labute approximate surface area is 157 Å². The van der Waals surface area contributed by atoms with Crippen molar-refractivity contribution in [3.63, 3.8) is 0 Å². The summed E-state index contributed by atoms with van der Waals surface area (Å²) in [4.78, 5) is 7.19. The van der Waals surface area contributed by atoms with E-state index in [1.165, 1.54) is 5.56 Å². The van der Waals surface area contributed by atoms with Crippen molar-refractivity contribution in [2.45, 2.75) is 37.8 Å². The molecule has 1 saturated heterocycles. The van der Waals surface area contributed by atoms with Crippen molar-refractivity contribution < 1.29 is 9.47 Å². The highest BCUT2D eigenvalue weighted by atomic mass is 16.5. The molecule has 2 aliphatic heterocycles. The molecule has 1 aromatic rings. The van der Waals surface area contributed by atoms with Crippen molar-refractivity contribution in [3.8, 4) is 5.75 Å². The van der Waals surface area contributed by atoms with Gasteiger partial charge in [-0.25, -0.2) is 0 Å². The van der Waals surface area contributed by atoms with Gasteiger partial charge in [-0.3, -0.25) is 4.99 Å². The highest BCUT2D eigenvalue weighted by molar-refractivity contribution is 5.79. The number of hydrogen-bond donors (Lipinski definition) is 2. The number of nitrogens with one attached hydrogen (secondary N) is 2. The number of rotatable bonds is 6. The largest absolute Gasteiger partial charge is 0.488 e. The monoisotopic (exact) mass is 360 g/mol. The third kappa shape index (κ3) is 4.48. The fraction of sp³-hybridized carbons (Fsp3) is 0.650. The van der Waals surface area contributed by atoms with E-state index in [-0.39, 0.29) is 11.6 Å². The summed E-state index contributed by atoms with van der Waals surface area (Å²) in [6, 6.07) is 8.27. The number of guanidine groups is 1. The number of likely N-dealkylation sites (N-methyl/N-ethyl adjacent to an activating group) is 1. The Morgan fingerprint density at radius 1 is 1.23 bits per heavy atom. The Kier molecular flexibility index (Phi) is 6.38. The maximum atomic E-state index is 6.02. The molecule has 0 amide bonds. The number of ether oxygens (including phenoxy) is 2. The lowest BCUT2D eigenvalue weighted by atomic mass is 9.89. The molecular formula is C20H32N4O2. The number of para-hydroxylation sites is 1. The quantitative estimate of drug-likeness (QED) is 0.597. The first-order chi connectivity index (χ1) is 12.6. The van der Waals surface area contributed by atoms with Crippen molar-refractivity contribution in [2.75, 3.05) is 46.9 Å². The van der Waals surface area contributed by atoms with E-state index in [1.807, 2.05) is 12.1 Å². The van der Waals surface area contributed by atoms with Gasteiger partial charge >= 0.3 is 0 Å². The zero-order valence-corrected chi connectivity index (χ0v) is 16.3. The van der Waals surface area contributed by atoms with Gasteiger partial charge in [-0.15, -0.1) is 0 Å². The lowest BCUT2D eigenvalue weighted by Crippen LogP contribution is -2.52.